The fraction of sp³-hybridized carbons (Fsp3) is 0.323. The van der Waals surface area contributed by atoms with E-state index in [4.69, 9.17) is 5.73 Å². The summed E-state index contributed by atoms with van der Waals surface area (Å²) < 4.78 is 2.04. The molecule has 3 N–H and O–H groups in total. The van der Waals surface area contributed by atoms with Crippen LogP contribution in [0.3, 0.4) is 0 Å². The molecule has 5 rings (SSSR count). The van der Waals surface area contributed by atoms with Gasteiger partial charge in [0, 0.05) is 36.3 Å². The van der Waals surface area contributed by atoms with Crippen LogP contribution in [0.25, 0.3) is 27.9 Å². The minimum atomic E-state index is -0.215. The van der Waals surface area contributed by atoms with Crippen molar-refractivity contribution in [2.24, 2.45) is 13.0 Å². The minimum Gasteiger partial charge on any atom is -0.383 e. The quantitative estimate of drug-likeness (QED) is 0.340. The molecule has 200 valence electrons. The van der Waals surface area contributed by atoms with Gasteiger partial charge in [-0.05, 0) is 68.4 Å². The van der Waals surface area contributed by atoms with E-state index in [0.717, 1.165) is 65.7 Å². The number of nitrogens with two attached hydrogens (primary N) is 1. The van der Waals surface area contributed by atoms with Gasteiger partial charge in [0.2, 0.25) is 5.91 Å². The van der Waals surface area contributed by atoms with Crippen molar-refractivity contribution in [2.75, 3.05) is 17.6 Å². The number of benzene rings is 1. The maximum Gasteiger partial charge on any atom is 0.250 e. The van der Waals surface area contributed by atoms with Gasteiger partial charge in [0.1, 0.15) is 17.8 Å². The average molecular weight is 523 g/mol. The summed E-state index contributed by atoms with van der Waals surface area (Å²) in [5.41, 5.74) is 15.2. The van der Waals surface area contributed by atoms with Gasteiger partial charge < -0.3 is 20.5 Å². The number of hydrogen-bond acceptors (Lipinski definition) is 5. The number of nitrogens with one attached hydrogen (secondary N) is 1. The van der Waals surface area contributed by atoms with Crippen LogP contribution < -0.4 is 11.1 Å². The number of carbonyl (C=O) groups is 2. The maximum atomic E-state index is 13.4. The molecule has 3 heterocycles. The van der Waals surface area contributed by atoms with E-state index in [0.29, 0.717) is 23.5 Å². The summed E-state index contributed by atoms with van der Waals surface area (Å²) in [5, 5.41) is 3.67. The van der Waals surface area contributed by atoms with Crippen molar-refractivity contribution in [1.29, 1.82) is 0 Å². The monoisotopic (exact) mass is 522 g/mol. The van der Waals surface area contributed by atoms with Crippen LogP contribution in [0.1, 0.15) is 44.6 Å². The Balaban J connectivity index is 1.50. The van der Waals surface area contributed by atoms with Gasteiger partial charge in [0.25, 0.3) is 5.91 Å². The number of nitrogen functional groups attached to an aromatic ring is 1. The molecule has 0 saturated carbocycles. The van der Waals surface area contributed by atoms with Crippen molar-refractivity contribution in [3.63, 3.8) is 0 Å². The van der Waals surface area contributed by atoms with Gasteiger partial charge in [0.05, 0.1) is 17.1 Å². The van der Waals surface area contributed by atoms with E-state index < -0.39 is 0 Å². The summed E-state index contributed by atoms with van der Waals surface area (Å²) in [4.78, 5) is 36.3. The molecule has 2 aromatic heterocycles. The zero-order valence-electron chi connectivity index (χ0n) is 22.5. The number of rotatable bonds is 6. The third-order valence-corrected chi connectivity index (χ3v) is 7.77. The summed E-state index contributed by atoms with van der Waals surface area (Å²) in [5.74, 6) is 0.384. The third kappa shape index (κ3) is 4.91. The van der Waals surface area contributed by atoms with Crippen LogP contribution in [0.15, 0.2) is 67.2 Å². The molecule has 8 heteroatoms. The van der Waals surface area contributed by atoms with E-state index >= 15 is 0 Å². The second-order valence-corrected chi connectivity index (χ2v) is 10.4. The van der Waals surface area contributed by atoms with Gasteiger partial charge in [-0.25, -0.2) is 9.97 Å². The summed E-state index contributed by atoms with van der Waals surface area (Å²) in [6.07, 6.45) is 9.75. The lowest BCUT2D eigenvalue weighted by Gasteiger charge is -2.29. The van der Waals surface area contributed by atoms with Crippen LogP contribution in [0.4, 0.5) is 11.5 Å². The number of fused-ring (bicyclic) bond motifs is 1. The van der Waals surface area contributed by atoms with Crippen LogP contribution in [0.5, 0.6) is 0 Å². The Morgan fingerprint density at radius 3 is 2.64 bits per heavy atom. The normalized spacial score (nSPS) is 18.9. The Hall–Kier alpha value is -4.42. The summed E-state index contributed by atoms with van der Waals surface area (Å²) >= 11 is 0. The first-order valence-electron chi connectivity index (χ1n) is 13.3. The Morgan fingerprint density at radius 2 is 1.97 bits per heavy atom. The lowest BCUT2D eigenvalue weighted by Crippen LogP contribution is -2.39. The van der Waals surface area contributed by atoms with Crippen LogP contribution in [0.2, 0.25) is 0 Å². The molecule has 1 aliphatic heterocycles. The zero-order valence-corrected chi connectivity index (χ0v) is 22.5. The van der Waals surface area contributed by atoms with E-state index in [-0.39, 0.29) is 23.8 Å². The van der Waals surface area contributed by atoms with E-state index in [1.54, 1.807) is 6.92 Å². The number of amides is 2. The molecule has 0 spiro atoms. The highest BCUT2D eigenvalue weighted by molar-refractivity contribution is 6.05. The summed E-state index contributed by atoms with van der Waals surface area (Å²) in [7, 11) is 1.97. The highest BCUT2D eigenvalue weighted by Gasteiger charge is 2.33. The highest BCUT2D eigenvalue weighted by atomic mass is 16.2. The van der Waals surface area contributed by atoms with Crippen LogP contribution in [-0.4, -0.2) is 43.8 Å². The number of anilines is 2. The zero-order chi connectivity index (χ0) is 27.7. The van der Waals surface area contributed by atoms with E-state index in [2.05, 4.69) is 40.2 Å². The largest absolute Gasteiger partial charge is 0.383 e. The van der Waals surface area contributed by atoms with Crippen LogP contribution in [0, 0.1) is 5.92 Å². The van der Waals surface area contributed by atoms with Crippen molar-refractivity contribution in [3.05, 3.63) is 72.8 Å². The predicted octanol–water partition coefficient (Wildman–Crippen LogP) is 5.25. The Kier molecular flexibility index (Phi) is 7.22. The molecule has 1 fully saturated rings. The molecule has 3 aromatic rings. The molecule has 0 unspecified atom stereocenters. The second kappa shape index (κ2) is 10.8. The first-order chi connectivity index (χ1) is 18.8. The van der Waals surface area contributed by atoms with E-state index in [9.17, 15) is 9.59 Å². The van der Waals surface area contributed by atoms with Crippen molar-refractivity contribution in [2.45, 2.75) is 45.1 Å². The van der Waals surface area contributed by atoms with Crippen molar-refractivity contribution < 1.29 is 9.59 Å². The molecule has 8 nitrogen and oxygen atoms in total. The fourth-order valence-corrected chi connectivity index (χ4v) is 5.77. The fourth-order valence-electron chi connectivity index (χ4n) is 5.77. The molecular formula is C31H34N6O2. The lowest BCUT2D eigenvalue weighted by atomic mass is 9.84. The average Bonchev–Trinajstić information content (AvgIpc) is 3.52. The summed E-state index contributed by atoms with van der Waals surface area (Å²) in [6.45, 7) is 9.86. The molecule has 2 amide bonds. The van der Waals surface area contributed by atoms with E-state index in [1.165, 1.54) is 6.33 Å². The number of aryl methyl sites for hydroxylation is 1. The molecule has 2 aliphatic rings. The Bertz CT molecular complexity index is 1540. The minimum absolute atomic E-state index is 0.0456. The maximum absolute atomic E-state index is 13.4. The SMILES string of the molecule is C=C=C[C@@H]1CCCN1C(=O)[C@H]1CC=C(c2c(-c3ccc(NC(=O)C(=C)C)cc3)n(C)c3ncnc(N)c23)CC1. The lowest BCUT2D eigenvalue weighted by molar-refractivity contribution is -0.135. The van der Waals surface area contributed by atoms with Gasteiger partial charge in [-0.2, -0.15) is 0 Å². The molecule has 0 bridgehead atoms. The van der Waals surface area contributed by atoms with Crippen molar-refractivity contribution >= 4 is 39.9 Å². The second-order valence-electron chi connectivity index (χ2n) is 10.4. The predicted molar refractivity (Wildman–Crippen MR) is 156 cm³/mol. The van der Waals surface area contributed by atoms with Crippen LogP contribution >= 0.6 is 0 Å². The summed E-state index contributed by atoms with van der Waals surface area (Å²) in [6, 6.07) is 7.81. The number of aromatic nitrogens is 3. The van der Waals surface area contributed by atoms with Gasteiger partial charge in [-0.1, -0.05) is 31.4 Å². The Labute approximate surface area is 228 Å². The van der Waals surface area contributed by atoms with Crippen LogP contribution in [-0.2, 0) is 16.6 Å². The van der Waals surface area contributed by atoms with Gasteiger partial charge in [-0.15, -0.1) is 5.73 Å². The van der Waals surface area contributed by atoms with E-state index in [1.807, 2.05) is 46.9 Å². The molecule has 1 saturated heterocycles. The molecular weight excluding hydrogens is 488 g/mol. The molecule has 2 atom stereocenters. The third-order valence-electron chi connectivity index (χ3n) is 7.77. The number of nitrogens with zero attached hydrogens (tertiary/aromatic N) is 4. The van der Waals surface area contributed by atoms with Crippen molar-refractivity contribution in [3.8, 4) is 11.3 Å². The van der Waals surface area contributed by atoms with Gasteiger partial charge >= 0.3 is 0 Å². The number of hydrogen-bond donors (Lipinski definition) is 2. The number of likely N-dealkylation sites (tertiary alicyclic amines) is 1. The topological polar surface area (TPSA) is 106 Å². The van der Waals surface area contributed by atoms with Gasteiger partial charge in [-0.3, -0.25) is 9.59 Å². The molecule has 0 radical (unpaired) electrons. The smallest absolute Gasteiger partial charge is 0.250 e. The number of carbonyl (C=O) groups excluding carboxylic acids is 2. The molecule has 39 heavy (non-hydrogen) atoms. The first-order valence-corrected chi connectivity index (χ1v) is 13.3. The number of allylic oxidation sites excluding steroid dienone is 2. The molecule has 1 aromatic carbocycles. The standard InChI is InChI=1S/C31H34N6O2/c1-5-7-24-8-6-17-37(24)31(39)22-11-9-20(10-12-22)25-26-28(32)33-18-34-29(26)36(4)27(25)21-13-15-23(16-14-21)35-30(38)19(2)3/h7,9,13-16,18,22,24H,1-2,6,8,10-12,17H2,3-4H3,(H,35,38)(H2,32,33,34)/t22-,24+/m0/s1. The first kappa shape index (κ1) is 26.2. The molecule has 1 aliphatic carbocycles. The highest BCUT2D eigenvalue weighted by Crippen LogP contribution is 2.43. The van der Waals surface area contributed by atoms with Crippen molar-refractivity contribution in [1.82, 2.24) is 19.4 Å². The Morgan fingerprint density at radius 1 is 1.21 bits per heavy atom. The van der Waals surface area contributed by atoms with Gasteiger partial charge in [0.15, 0.2) is 0 Å².